The van der Waals surface area contributed by atoms with Gasteiger partial charge in [0, 0.05) is 18.0 Å². The predicted molar refractivity (Wildman–Crippen MR) is 69.7 cm³/mol. The molecule has 0 unspecified atom stereocenters. The lowest BCUT2D eigenvalue weighted by Crippen LogP contribution is -2.54. The van der Waals surface area contributed by atoms with E-state index in [0.717, 1.165) is 28.8 Å². The first kappa shape index (κ1) is 10.9. The molecule has 2 aromatic heterocycles. The standard InChI is InChI=1S/C14H14N4/c15-11(10-4-3-7-16-9-10)8-14-17-12-5-1-2-6-13(12)18-14/h1-7,9,11H,8,15H2,(H,17,18)/p+1/t11-/m0/s1. The van der Waals surface area contributed by atoms with Gasteiger partial charge in [-0.3, -0.25) is 4.98 Å². The van der Waals surface area contributed by atoms with Crippen LogP contribution in [0.2, 0.25) is 0 Å². The summed E-state index contributed by atoms with van der Waals surface area (Å²) in [6.07, 6.45) is 4.43. The molecular weight excluding hydrogens is 224 g/mol. The molecule has 4 nitrogen and oxygen atoms in total. The average Bonchev–Trinajstić information content (AvgIpc) is 2.82. The Balaban J connectivity index is 1.84. The minimum atomic E-state index is 0.166. The second-order valence-electron chi connectivity index (χ2n) is 4.39. The fraction of sp³-hybridized carbons (Fsp3) is 0.143. The lowest BCUT2D eigenvalue weighted by Gasteiger charge is -2.05. The number of aromatic amines is 1. The predicted octanol–water partition coefficient (Wildman–Crippen LogP) is 1.48. The number of para-hydroxylation sites is 2. The van der Waals surface area contributed by atoms with E-state index in [0.29, 0.717) is 0 Å². The molecule has 90 valence electrons. The normalized spacial score (nSPS) is 12.7. The number of nitrogens with zero attached hydrogens (tertiary/aromatic N) is 2. The third-order valence-corrected chi connectivity index (χ3v) is 3.03. The van der Waals surface area contributed by atoms with Gasteiger partial charge < -0.3 is 10.7 Å². The number of aromatic nitrogens is 3. The van der Waals surface area contributed by atoms with Crippen molar-refractivity contribution in [3.63, 3.8) is 0 Å². The lowest BCUT2D eigenvalue weighted by atomic mass is 10.1. The Morgan fingerprint density at radius 1 is 1.17 bits per heavy atom. The van der Waals surface area contributed by atoms with E-state index in [2.05, 4.69) is 20.7 Å². The Kier molecular flexibility index (Phi) is 2.78. The highest BCUT2D eigenvalue weighted by atomic mass is 14.9. The maximum atomic E-state index is 4.56. The topological polar surface area (TPSA) is 69.2 Å². The number of imidazole rings is 1. The van der Waals surface area contributed by atoms with Crippen LogP contribution in [0.25, 0.3) is 11.0 Å². The minimum absolute atomic E-state index is 0.166. The molecule has 3 rings (SSSR count). The first-order valence-corrected chi connectivity index (χ1v) is 5.99. The average molecular weight is 239 g/mol. The van der Waals surface area contributed by atoms with Gasteiger partial charge in [-0.05, 0) is 18.2 Å². The summed E-state index contributed by atoms with van der Waals surface area (Å²) in [4.78, 5) is 12.0. The Hall–Kier alpha value is -2.20. The molecule has 4 N–H and O–H groups in total. The number of pyridine rings is 1. The number of hydrogen-bond donors (Lipinski definition) is 2. The lowest BCUT2D eigenvalue weighted by molar-refractivity contribution is -0.426. The summed E-state index contributed by atoms with van der Waals surface area (Å²) >= 11 is 0. The van der Waals surface area contributed by atoms with Crippen molar-refractivity contribution in [3.8, 4) is 0 Å². The Labute approximate surface area is 105 Å². The third-order valence-electron chi connectivity index (χ3n) is 3.03. The smallest absolute Gasteiger partial charge is 0.119 e. The highest BCUT2D eigenvalue weighted by Gasteiger charge is 2.13. The number of H-pyrrole nitrogens is 1. The highest BCUT2D eigenvalue weighted by molar-refractivity contribution is 5.74. The number of hydrogen-bond acceptors (Lipinski definition) is 2. The van der Waals surface area contributed by atoms with Gasteiger partial charge in [-0.2, -0.15) is 0 Å². The molecule has 1 atom stereocenters. The molecular formula is C14H15N4+. The molecule has 0 aliphatic heterocycles. The van der Waals surface area contributed by atoms with Crippen LogP contribution in [0.4, 0.5) is 0 Å². The summed E-state index contributed by atoms with van der Waals surface area (Å²) in [7, 11) is 0. The third kappa shape index (κ3) is 2.10. The Morgan fingerprint density at radius 2 is 2.06 bits per heavy atom. The molecule has 0 fully saturated rings. The number of nitrogens with one attached hydrogen (secondary N) is 1. The first-order chi connectivity index (χ1) is 8.83. The van der Waals surface area contributed by atoms with Crippen molar-refractivity contribution in [2.75, 3.05) is 0 Å². The summed E-state index contributed by atoms with van der Waals surface area (Å²) < 4.78 is 0. The van der Waals surface area contributed by atoms with E-state index in [1.807, 2.05) is 42.6 Å². The molecule has 0 bridgehead atoms. The molecule has 0 radical (unpaired) electrons. The van der Waals surface area contributed by atoms with E-state index in [-0.39, 0.29) is 6.04 Å². The van der Waals surface area contributed by atoms with Gasteiger partial charge in [0.25, 0.3) is 0 Å². The van der Waals surface area contributed by atoms with Crippen LogP contribution in [0.5, 0.6) is 0 Å². The van der Waals surface area contributed by atoms with Gasteiger partial charge in [0.05, 0.1) is 17.5 Å². The Morgan fingerprint density at radius 3 is 2.83 bits per heavy atom. The van der Waals surface area contributed by atoms with Gasteiger partial charge in [-0.25, -0.2) is 4.98 Å². The molecule has 3 aromatic rings. The molecule has 0 aliphatic rings. The molecule has 2 heterocycles. The zero-order valence-corrected chi connectivity index (χ0v) is 10.0. The van der Waals surface area contributed by atoms with Crippen LogP contribution in [0.3, 0.4) is 0 Å². The second kappa shape index (κ2) is 4.58. The molecule has 0 saturated carbocycles. The van der Waals surface area contributed by atoms with Gasteiger partial charge >= 0.3 is 0 Å². The van der Waals surface area contributed by atoms with Crippen molar-refractivity contribution >= 4 is 11.0 Å². The van der Waals surface area contributed by atoms with E-state index >= 15 is 0 Å². The monoisotopic (exact) mass is 239 g/mol. The maximum absolute atomic E-state index is 4.56. The second-order valence-corrected chi connectivity index (χ2v) is 4.39. The number of fused-ring (bicyclic) bond motifs is 1. The van der Waals surface area contributed by atoms with E-state index in [9.17, 15) is 0 Å². The van der Waals surface area contributed by atoms with Gasteiger partial charge in [-0.1, -0.05) is 18.2 Å². The number of rotatable bonds is 3. The van der Waals surface area contributed by atoms with E-state index in [1.54, 1.807) is 6.20 Å². The fourth-order valence-electron chi connectivity index (χ4n) is 2.07. The Bertz CT molecular complexity index is 612. The van der Waals surface area contributed by atoms with E-state index in [1.165, 1.54) is 0 Å². The minimum Gasteiger partial charge on any atom is -0.351 e. The van der Waals surface area contributed by atoms with E-state index < -0.39 is 0 Å². The first-order valence-electron chi connectivity index (χ1n) is 5.99. The van der Waals surface area contributed by atoms with Crippen molar-refractivity contribution < 1.29 is 5.73 Å². The highest BCUT2D eigenvalue weighted by Crippen LogP contribution is 2.15. The van der Waals surface area contributed by atoms with Crippen LogP contribution >= 0.6 is 0 Å². The molecule has 0 spiro atoms. The zero-order chi connectivity index (χ0) is 12.4. The van der Waals surface area contributed by atoms with Gasteiger partial charge in [0.15, 0.2) is 0 Å². The summed E-state index contributed by atoms with van der Waals surface area (Å²) in [5.74, 6) is 0.972. The molecule has 4 heteroatoms. The van der Waals surface area contributed by atoms with Crippen molar-refractivity contribution in [2.45, 2.75) is 12.5 Å². The summed E-state index contributed by atoms with van der Waals surface area (Å²) in [5, 5.41) is 0. The van der Waals surface area contributed by atoms with Crippen LogP contribution in [0, 0.1) is 0 Å². The molecule has 18 heavy (non-hydrogen) atoms. The van der Waals surface area contributed by atoms with Crippen LogP contribution in [0.15, 0.2) is 48.8 Å². The molecule has 0 aliphatic carbocycles. The summed E-state index contributed by atoms with van der Waals surface area (Å²) in [6.45, 7) is 0. The van der Waals surface area contributed by atoms with Crippen LogP contribution in [-0.2, 0) is 6.42 Å². The van der Waals surface area contributed by atoms with Crippen molar-refractivity contribution in [1.82, 2.24) is 15.0 Å². The van der Waals surface area contributed by atoms with Crippen LogP contribution in [0.1, 0.15) is 17.4 Å². The molecule has 1 aromatic carbocycles. The van der Waals surface area contributed by atoms with Crippen LogP contribution in [-0.4, -0.2) is 15.0 Å². The van der Waals surface area contributed by atoms with Gasteiger partial charge in [0.2, 0.25) is 0 Å². The number of quaternary nitrogens is 1. The fourth-order valence-corrected chi connectivity index (χ4v) is 2.07. The largest absolute Gasteiger partial charge is 0.351 e. The quantitative estimate of drug-likeness (QED) is 0.727. The van der Waals surface area contributed by atoms with Crippen molar-refractivity contribution in [2.24, 2.45) is 0 Å². The maximum Gasteiger partial charge on any atom is 0.119 e. The van der Waals surface area contributed by atoms with Gasteiger partial charge in [-0.15, -0.1) is 0 Å². The molecule has 0 amide bonds. The summed E-state index contributed by atoms with van der Waals surface area (Å²) in [6, 6.07) is 12.2. The zero-order valence-electron chi connectivity index (χ0n) is 10.0. The SMILES string of the molecule is [NH3+][C@@H](Cc1nc2ccccc2[nH]1)c1cccnc1. The van der Waals surface area contributed by atoms with Crippen molar-refractivity contribution in [3.05, 3.63) is 60.2 Å². The molecule has 0 saturated heterocycles. The summed E-state index contributed by atoms with van der Waals surface area (Å²) in [5.41, 5.74) is 7.39. The van der Waals surface area contributed by atoms with Crippen molar-refractivity contribution in [1.29, 1.82) is 0 Å². The van der Waals surface area contributed by atoms with Crippen LogP contribution < -0.4 is 5.73 Å². The number of benzene rings is 1. The van der Waals surface area contributed by atoms with E-state index in [4.69, 9.17) is 0 Å². The van der Waals surface area contributed by atoms with Gasteiger partial charge in [0.1, 0.15) is 11.9 Å².